The lowest BCUT2D eigenvalue weighted by Crippen LogP contribution is -2.68. The molecule has 0 unspecified atom stereocenters. The van der Waals surface area contributed by atoms with Gasteiger partial charge in [-0.05, 0) is 11.1 Å². The number of carboxylic acid groups (broad SMARTS) is 2. The van der Waals surface area contributed by atoms with E-state index < -0.39 is 11.9 Å². The number of benzene rings is 2. The topological polar surface area (TPSA) is 230 Å². The summed E-state index contributed by atoms with van der Waals surface area (Å²) >= 11 is 0. The molecule has 0 saturated carbocycles. The van der Waals surface area contributed by atoms with E-state index in [1.165, 1.54) is 24.3 Å². The SMILES string of the molecule is O.O.O.[NH3+][C@@H](c1ccc(C(=O)[O-])cc1)[C@@H]([NH3+])c1ccc(C(=O)[O-])cc1. The zero-order valence-electron chi connectivity index (χ0n) is 13.3. The van der Waals surface area contributed by atoms with E-state index in [1.54, 1.807) is 24.3 Å². The van der Waals surface area contributed by atoms with Crippen LogP contribution in [0.3, 0.4) is 0 Å². The van der Waals surface area contributed by atoms with Gasteiger partial charge < -0.3 is 47.7 Å². The van der Waals surface area contributed by atoms with Crippen LogP contribution in [0.1, 0.15) is 43.9 Å². The maximum atomic E-state index is 10.7. The highest BCUT2D eigenvalue weighted by Crippen LogP contribution is 2.22. The molecule has 25 heavy (non-hydrogen) atoms. The van der Waals surface area contributed by atoms with Crippen LogP contribution in [0.2, 0.25) is 0 Å². The van der Waals surface area contributed by atoms with Crippen LogP contribution >= 0.6 is 0 Å². The highest BCUT2D eigenvalue weighted by atomic mass is 16.4. The van der Waals surface area contributed by atoms with Gasteiger partial charge in [0.1, 0.15) is 0 Å². The lowest BCUT2D eigenvalue weighted by atomic mass is 9.94. The minimum absolute atomic E-state index is 0. The molecule has 0 fully saturated rings. The second-order valence-electron chi connectivity index (χ2n) is 5.03. The normalized spacial score (nSPS) is 11.8. The third-order valence-electron chi connectivity index (χ3n) is 3.63. The fourth-order valence-corrected chi connectivity index (χ4v) is 2.20. The summed E-state index contributed by atoms with van der Waals surface area (Å²) in [6, 6.07) is 12.2. The molecule has 2 aromatic carbocycles. The smallest absolute Gasteiger partial charge is 0.167 e. The summed E-state index contributed by atoms with van der Waals surface area (Å²) in [6.45, 7) is 0. The molecule has 0 aliphatic rings. The molecule has 0 aliphatic heterocycles. The van der Waals surface area contributed by atoms with Crippen molar-refractivity contribution < 1.29 is 47.7 Å². The van der Waals surface area contributed by atoms with E-state index in [0.717, 1.165) is 11.1 Å². The van der Waals surface area contributed by atoms with Crippen LogP contribution in [0.5, 0.6) is 0 Å². The Morgan fingerprint density at radius 3 is 1.08 bits per heavy atom. The number of carboxylic acids is 2. The van der Waals surface area contributed by atoms with Crippen molar-refractivity contribution in [2.45, 2.75) is 12.1 Å². The van der Waals surface area contributed by atoms with Gasteiger partial charge in [-0.2, -0.15) is 0 Å². The predicted octanol–water partition coefficient (Wildman–Crippen LogP) is -4.79. The molecule has 0 amide bonds. The van der Waals surface area contributed by atoms with E-state index in [0.29, 0.717) is 0 Å². The number of hydrogen-bond acceptors (Lipinski definition) is 4. The van der Waals surface area contributed by atoms with E-state index in [4.69, 9.17) is 0 Å². The van der Waals surface area contributed by atoms with Crippen LogP contribution in [0.25, 0.3) is 0 Å². The quantitative estimate of drug-likeness (QED) is 0.538. The van der Waals surface area contributed by atoms with Crippen LogP contribution in [0.4, 0.5) is 0 Å². The Balaban J connectivity index is 0. The minimum atomic E-state index is -1.23. The van der Waals surface area contributed by atoms with Crippen LogP contribution in [-0.4, -0.2) is 28.4 Å². The Bertz CT molecular complexity index is 625. The van der Waals surface area contributed by atoms with Gasteiger partial charge in [-0.3, -0.25) is 0 Å². The molecule has 2 rings (SSSR count). The third kappa shape index (κ3) is 5.64. The van der Waals surface area contributed by atoms with Crippen molar-refractivity contribution in [1.29, 1.82) is 0 Å². The van der Waals surface area contributed by atoms with Crippen molar-refractivity contribution in [3.8, 4) is 0 Å². The Morgan fingerprint density at radius 2 is 0.880 bits per heavy atom. The van der Waals surface area contributed by atoms with E-state index >= 15 is 0 Å². The summed E-state index contributed by atoms with van der Waals surface area (Å²) in [6.07, 6.45) is 0. The fourth-order valence-electron chi connectivity index (χ4n) is 2.20. The van der Waals surface area contributed by atoms with Gasteiger partial charge in [0.2, 0.25) is 0 Å². The highest BCUT2D eigenvalue weighted by molar-refractivity contribution is 5.86. The van der Waals surface area contributed by atoms with E-state index in [1.807, 2.05) is 0 Å². The van der Waals surface area contributed by atoms with Gasteiger partial charge >= 0.3 is 0 Å². The summed E-state index contributed by atoms with van der Waals surface area (Å²) in [4.78, 5) is 21.5. The van der Waals surface area contributed by atoms with Crippen molar-refractivity contribution in [2.75, 3.05) is 0 Å². The van der Waals surface area contributed by atoms with E-state index in [9.17, 15) is 19.8 Å². The Hall–Kier alpha value is -2.82. The predicted molar refractivity (Wildman–Crippen MR) is 83.6 cm³/mol. The molecule has 12 N–H and O–H groups in total. The first-order valence-corrected chi connectivity index (χ1v) is 6.69. The van der Waals surface area contributed by atoms with Crippen LogP contribution in [0, 0.1) is 0 Å². The van der Waals surface area contributed by atoms with Crippen molar-refractivity contribution in [2.24, 2.45) is 0 Å². The van der Waals surface area contributed by atoms with Gasteiger partial charge in [-0.1, -0.05) is 48.5 Å². The molecule has 0 saturated heterocycles. The maximum absolute atomic E-state index is 10.7. The van der Waals surface area contributed by atoms with Crippen LogP contribution < -0.4 is 21.7 Å². The summed E-state index contributed by atoms with van der Waals surface area (Å²) in [5.74, 6) is -2.45. The van der Waals surface area contributed by atoms with Crippen LogP contribution in [0.15, 0.2) is 48.5 Å². The minimum Gasteiger partial charge on any atom is -0.545 e. The molecular formula is C16H22N2O7. The summed E-state index contributed by atoms with van der Waals surface area (Å²) < 4.78 is 0. The number of hydrogen-bond donors (Lipinski definition) is 2. The maximum Gasteiger partial charge on any atom is 0.167 e. The Morgan fingerprint density at radius 1 is 0.640 bits per heavy atom. The molecule has 0 aromatic heterocycles. The lowest BCUT2D eigenvalue weighted by Gasteiger charge is -2.16. The molecule has 0 bridgehead atoms. The number of carbonyl (C=O) groups is 2. The molecule has 9 nitrogen and oxygen atoms in total. The van der Waals surface area contributed by atoms with Crippen molar-refractivity contribution in [3.05, 3.63) is 70.8 Å². The highest BCUT2D eigenvalue weighted by Gasteiger charge is 2.24. The first-order chi connectivity index (χ1) is 10.4. The molecule has 2 aromatic rings. The second-order valence-corrected chi connectivity index (χ2v) is 5.03. The first-order valence-electron chi connectivity index (χ1n) is 6.69. The van der Waals surface area contributed by atoms with E-state index in [-0.39, 0.29) is 39.6 Å². The van der Waals surface area contributed by atoms with Crippen molar-refractivity contribution in [1.82, 2.24) is 0 Å². The Kier molecular flexibility index (Phi) is 9.90. The van der Waals surface area contributed by atoms with Crippen molar-refractivity contribution in [3.63, 3.8) is 0 Å². The van der Waals surface area contributed by atoms with Crippen LogP contribution in [-0.2, 0) is 0 Å². The number of rotatable bonds is 5. The van der Waals surface area contributed by atoms with Gasteiger partial charge in [-0.15, -0.1) is 0 Å². The van der Waals surface area contributed by atoms with Gasteiger partial charge in [-0.25, -0.2) is 0 Å². The second kappa shape index (κ2) is 10.1. The molecule has 0 heterocycles. The number of carbonyl (C=O) groups excluding carboxylic acids is 2. The molecule has 2 atom stereocenters. The molecule has 0 aliphatic carbocycles. The average Bonchev–Trinajstić information content (AvgIpc) is 2.53. The molecule has 0 radical (unpaired) electrons. The summed E-state index contributed by atoms with van der Waals surface area (Å²) in [5.41, 5.74) is 10.0. The van der Waals surface area contributed by atoms with E-state index in [2.05, 4.69) is 11.5 Å². The third-order valence-corrected chi connectivity index (χ3v) is 3.63. The average molecular weight is 354 g/mol. The lowest BCUT2D eigenvalue weighted by molar-refractivity contribution is -0.540. The summed E-state index contributed by atoms with van der Waals surface area (Å²) in [5, 5.41) is 21.5. The van der Waals surface area contributed by atoms with Gasteiger partial charge in [0.25, 0.3) is 0 Å². The number of aromatic carboxylic acids is 2. The Labute approximate surface area is 143 Å². The van der Waals surface area contributed by atoms with Gasteiger partial charge in [0.15, 0.2) is 12.1 Å². The largest absolute Gasteiger partial charge is 0.545 e. The van der Waals surface area contributed by atoms with Crippen molar-refractivity contribution >= 4 is 11.9 Å². The molecule has 0 spiro atoms. The molecule has 9 heteroatoms. The van der Waals surface area contributed by atoms with Gasteiger partial charge in [0, 0.05) is 11.1 Å². The fraction of sp³-hybridized carbons (Fsp3) is 0.125. The molecule has 138 valence electrons. The zero-order valence-corrected chi connectivity index (χ0v) is 13.3. The first kappa shape index (κ1) is 24.4. The molecular weight excluding hydrogens is 332 g/mol. The number of quaternary nitrogens is 2. The summed E-state index contributed by atoms with van der Waals surface area (Å²) in [7, 11) is 0. The standard InChI is InChI=1S/C16H16N2O4.3H2O/c17-13(9-1-5-11(6-2-9)15(19)20)14(18)10-3-7-12(8-4-10)16(21)22;;;/h1-8,13-14H,17-18H2,(H,19,20)(H,21,22);3*1H2/t13-,14-;;;/m0.../s1. The van der Waals surface area contributed by atoms with Gasteiger partial charge in [0.05, 0.1) is 11.9 Å². The zero-order chi connectivity index (χ0) is 16.3. The monoisotopic (exact) mass is 354 g/mol.